The van der Waals surface area contributed by atoms with Crippen LogP contribution < -0.4 is 21.5 Å². The SMILES string of the molecule is CCOC(=O)c1cn(-c2cc(F)c(N3CCNC3=O)c(F)c2)c(=O)n(Cc2cccc(Cl)c2Cl)c1=O. The summed E-state index contributed by atoms with van der Waals surface area (Å²) in [6, 6.07) is 5.56. The molecule has 1 aliphatic heterocycles. The highest BCUT2D eigenvalue weighted by molar-refractivity contribution is 6.42. The fourth-order valence-electron chi connectivity index (χ4n) is 3.75. The van der Waals surface area contributed by atoms with Crippen molar-refractivity contribution in [2.24, 2.45) is 0 Å². The maximum absolute atomic E-state index is 15.0. The molecular formula is C23H18Cl2F2N4O5. The number of carbonyl (C=O) groups is 2. The van der Waals surface area contributed by atoms with Gasteiger partial charge in [-0.05, 0) is 18.6 Å². The Bertz CT molecular complexity index is 1480. The molecule has 9 nitrogen and oxygen atoms in total. The summed E-state index contributed by atoms with van der Waals surface area (Å²) < 4.78 is 36.3. The minimum Gasteiger partial charge on any atom is -0.462 e. The lowest BCUT2D eigenvalue weighted by molar-refractivity contribution is 0.0522. The van der Waals surface area contributed by atoms with Crippen LogP contribution in [0.3, 0.4) is 0 Å². The molecule has 13 heteroatoms. The van der Waals surface area contributed by atoms with E-state index >= 15 is 0 Å². The van der Waals surface area contributed by atoms with Crippen LogP contribution in [0.2, 0.25) is 10.0 Å². The Hall–Kier alpha value is -3.70. The molecule has 0 atom stereocenters. The number of benzene rings is 2. The fourth-order valence-corrected chi connectivity index (χ4v) is 4.13. The van der Waals surface area contributed by atoms with E-state index in [1.165, 1.54) is 19.1 Å². The normalized spacial score (nSPS) is 13.1. The van der Waals surface area contributed by atoms with Gasteiger partial charge in [0.05, 0.1) is 28.9 Å². The smallest absolute Gasteiger partial charge is 0.345 e. The number of amides is 2. The van der Waals surface area contributed by atoms with E-state index in [1.54, 1.807) is 6.07 Å². The Morgan fingerprint density at radius 2 is 1.83 bits per heavy atom. The van der Waals surface area contributed by atoms with E-state index in [9.17, 15) is 28.0 Å². The van der Waals surface area contributed by atoms with Crippen molar-refractivity contribution in [1.82, 2.24) is 14.5 Å². The molecular weight excluding hydrogens is 521 g/mol. The lowest BCUT2D eigenvalue weighted by Crippen LogP contribution is -2.42. The third-order valence-corrected chi connectivity index (χ3v) is 6.29. The van der Waals surface area contributed by atoms with Gasteiger partial charge in [-0.15, -0.1) is 0 Å². The standard InChI is InChI=1S/C23H18Cl2F2N4O5/c1-2-36-21(33)14-11-30(13-8-16(26)19(17(27)9-13)29-7-6-28-22(29)34)23(35)31(20(14)32)10-12-4-3-5-15(24)18(12)25/h3-5,8-9,11H,2,6-7,10H2,1H3,(H,28,34). The molecule has 0 bridgehead atoms. The van der Waals surface area contributed by atoms with Crippen molar-refractivity contribution in [2.45, 2.75) is 13.5 Å². The van der Waals surface area contributed by atoms with E-state index < -0.39 is 46.1 Å². The molecule has 2 aromatic carbocycles. The number of aromatic nitrogens is 2. The summed E-state index contributed by atoms with van der Waals surface area (Å²) in [4.78, 5) is 51.7. The predicted octanol–water partition coefficient (Wildman–Crippen LogP) is 3.34. The van der Waals surface area contributed by atoms with Crippen molar-refractivity contribution in [3.05, 3.63) is 90.2 Å². The van der Waals surface area contributed by atoms with Gasteiger partial charge in [0.1, 0.15) is 11.3 Å². The number of nitrogens with zero attached hydrogens (tertiary/aromatic N) is 3. The number of anilines is 1. The van der Waals surface area contributed by atoms with Gasteiger partial charge in [0.15, 0.2) is 11.6 Å². The second kappa shape index (κ2) is 10.1. The summed E-state index contributed by atoms with van der Waals surface area (Å²) in [5.41, 5.74) is -3.16. The maximum Gasteiger partial charge on any atom is 0.345 e. The Morgan fingerprint density at radius 3 is 2.44 bits per heavy atom. The van der Waals surface area contributed by atoms with Crippen molar-refractivity contribution in [3.8, 4) is 5.69 Å². The zero-order valence-electron chi connectivity index (χ0n) is 18.7. The zero-order chi connectivity index (χ0) is 26.1. The molecule has 3 aromatic rings. The molecule has 1 aromatic heterocycles. The van der Waals surface area contributed by atoms with Crippen LogP contribution in [0.1, 0.15) is 22.8 Å². The zero-order valence-corrected chi connectivity index (χ0v) is 20.2. The first-order valence-corrected chi connectivity index (χ1v) is 11.4. The number of esters is 1. The van der Waals surface area contributed by atoms with Crippen molar-refractivity contribution in [2.75, 3.05) is 24.6 Å². The Balaban J connectivity index is 1.91. The molecule has 1 N–H and O–H groups in total. The summed E-state index contributed by atoms with van der Waals surface area (Å²) in [7, 11) is 0. The van der Waals surface area contributed by atoms with Gasteiger partial charge in [-0.1, -0.05) is 35.3 Å². The van der Waals surface area contributed by atoms with Crippen molar-refractivity contribution in [1.29, 1.82) is 0 Å². The number of ether oxygens (including phenoxy) is 1. The summed E-state index contributed by atoms with van der Waals surface area (Å²) in [5.74, 6) is -3.28. The number of rotatable bonds is 6. The van der Waals surface area contributed by atoms with Crippen LogP contribution in [-0.2, 0) is 11.3 Å². The molecule has 1 fully saturated rings. The quantitative estimate of drug-likeness (QED) is 0.485. The first-order chi connectivity index (χ1) is 17.1. The second-order valence-electron chi connectivity index (χ2n) is 7.66. The number of halogens is 4. The average molecular weight is 539 g/mol. The molecule has 1 aliphatic rings. The number of nitrogens with one attached hydrogen (secondary N) is 1. The van der Waals surface area contributed by atoms with Gasteiger partial charge in [-0.2, -0.15) is 0 Å². The topological polar surface area (TPSA) is 103 Å². The highest BCUT2D eigenvalue weighted by Gasteiger charge is 2.28. The highest BCUT2D eigenvalue weighted by atomic mass is 35.5. The predicted molar refractivity (Wildman–Crippen MR) is 128 cm³/mol. The van der Waals surface area contributed by atoms with Crippen LogP contribution in [0.5, 0.6) is 0 Å². The van der Waals surface area contributed by atoms with Crippen LogP contribution in [0.15, 0.2) is 46.1 Å². The van der Waals surface area contributed by atoms with E-state index in [1.807, 2.05) is 0 Å². The summed E-state index contributed by atoms with van der Waals surface area (Å²) >= 11 is 12.2. The van der Waals surface area contributed by atoms with Crippen molar-refractivity contribution < 1.29 is 23.1 Å². The number of urea groups is 1. The van der Waals surface area contributed by atoms with Crippen LogP contribution in [0, 0.1) is 11.6 Å². The molecule has 0 unspecified atom stereocenters. The molecule has 1 saturated heterocycles. The van der Waals surface area contributed by atoms with Crippen LogP contribution in [0.25, 0.3) is 5.69 Å². The third-order valence-electron chi connectivity index (χ3n) is 5.43. The van der Waals surface area contributed by atoms with Gasteiger partial charge < -0.3 is 10.1 Å². The van der Waals surface area contributed by atoms with E-state index in [2.05, 4.69) is 5.32 Å². The number of hydrogen-bond donors (Lipinski definition) is 1. The second-order valence-corrected chi connectivity index (χ2v) is 8.45. The lowest BCUT2D eigenvalue weighted by atomic mass is 10.2. The molecule has 0 radical (unpaired) electrons. The third kappa shape index (κ3) is 4.59. The van der Waals surface area contributed by atoms with E-state index in [0.29, 0.717) is 10.1 Å². The molecule has 0 saturated carbocycles. The van der Waals surface area contributed by atoms with Gasteiger partial charge in [0.25, 0.3) is 5.56 Å². The summed E-state index contributed by atoms with van der Waals surface area (Å²) in [6.45, 7) is 1.33. The number of carbonyl (C=O) groups excluding carboxylic acids is 2. The van der Waals surface area contributed by atoms with Crippen LogP contribution >= 0.6 is 23.2 Å². The highest BCUT2D eigenvalue weighted by Crippen LogP contribution is 2.28. The van der Waals surface area contributed by atoms with Gasteiger partial charge in [0, 0.05) is 31.4 Å². The molecule has 4 rings (SSSR count). The summed E-state index contributed by atoms with van der Waals surface area (Å²) in [5, 5.41) is 2.71. The van der Waals surface area contributed by atoms with Crippen LogP contribution in [-0.4, -0.2) is 40.8 Å². The Labute approximate surface area is 212 Å². The minimum absolute atomic E-state index is 0.0459. The van der Waals surface area contributed by atoms with Gasteiger partial charge in [-0.3, -0.25) is 18.8 Å². The molecule has 188 valence electrons. The Kier molecular flexibility index (Phi) is 7.14. The molecule has 2 heterocycles. The first-order valence-electron chi connectivity index (χ1n) is 10.6. The lowest BCUT2D eigenvalue weighted by Gasteiger charge is -2.18. The van der Waals surface area contributed by atoms with Gasteiger partial charge in [-0.25, -0.2) is 23.2 Å². The molecule has 0 aliphatic carbocycles. The van der Waals surface area contributed by atoms with E-state index in [4.69, 9.17) is 27.9 Å². The largest absolute Gasteiger partial charge is 0.462 e. The number of hydrogen-bond acceptors (Lipinski definition) is 5. The van der Waals surface area contributed by atoms with Gasteiger partial charge >= 0.3 is 17.7 Å². The van der Waals surface area contributed by atoms with Gasteiger partial charge in [0.2, 0.25) is 0 Å². The molecule has 0 spiro atoms. The molecule has 2 amide bonds. The monoisotopic (exact) mass is 538 g/mol. The maximum atomic E-state index is 15.0. The van der Waals surface area contributed by atoms with E-state index in [0.717, 1.165) is 27.8 Å². The van der Waals surface area contributed by atoms with E-state index in [-0.39, 0.29) is 42.0 Å². The molecule has 36 heavy (non-hydrogen) atoms. The minimum atomic E-state index is -1.12. The van der Waals surface area contributed by atoms with Crippen molar-refractivity contribution in [3.63, 3.8) is 0 Å². The van der Waals surface area contributed by atoms with Crippen LogP contribution in [0.4, 0.5) is 19.3 Å². The van der Waals surface area contributed by atoms with Crippen molar-refractivity contribution >= 4 is 40.9 Å². The summed E-state index contributed by atoms with van der Waals surface area (Å²) in [6.07, 6.45) is 0.856. The average Bonchev–Trinajstić information content (AvgIpc) is 3.24. The Morgan fingerprint density at radius 1 is 1.14 bits per heavy atom. The fraction of sp³-hybridized carbons (Fsp3) is 0.217. The first kappa shape index (κ1) is 25.4.